The molecule has 1 aliphatic heterocycles. The highest BCUT2D eigenvalue weighted by atomic mass is 32.1. The zero-order valence-corrected chi connectivity index (χ0v) is 16.1. The Morgan fingerprint density at radius 1 is 1.18 bits per heavy atom. The van der Waals surface area contributed by atoms with Crippen molar-refractivity contribution in [2.45, 2.75) is 19.3 Å². The van der Waals surface area contributed by atoms with Crippen LogP contribution in [-0.4, -0.2) is 23.6 Å². The fourth-order valence-corrected chi connectivity index (χ4v) is 4.80. The van der Waals surface area contributed by atoms with Crippen molar-refractivity contribution in [3.8, 4) is 16.9 Å². The van der Waals surface area contributed by atoms with E-state index in [9.17, 15) is 14.7 Å². The molecule has 2 N–H and O–H groups in total. The molecule has 0 saturated carbocycles. The fraction of sp³-hybridized carbons (Fsp3) is 0.182. The minimum Gasteiger partial charge on any atom is -0.494 e. The van der Waals surface area contributed by atoms with Gasteiger partial charge in [0.25, 0.3) is 0 Å². The number of rotatable bonds is 5. The van der Waals surface area contributed by atoms with E-state index in [0.29, 0.717) is 17.9 Å². The highest BCUT2D eigenvalue weighted by Crippen LogP contribution is 2.49. The van der Waals surface area contributed by atoms with Crippen LogP contribution in [0.4, 0.5) is 5.69 Å². The molecule has 3 aromatic rings. The third kappa shape index (κ3) is 3.27. The van der Waals surface area contributed by atoms with Gasteiger partial charge in [-0.1, -0.05) is 42.5 Å². The molecule has 0 saturated heterocycles. The smallest absolute Gasteiger partial charge is 0.346 e. The average Bonchev–Trinajstić information content (AvgIpc) is 3.08. The predicted molar refractivity (Wildman–Crippen MR) is 109 cm³/mol. The van der Waals surface area contributed by atoms with Crippen LogP contribution in [0.5, 0.6) is 5.75 Å². The summed E-state index contributed by atoms with van der Waals surface area (Å²) in [7, 11) is 0. The summed E-state index contributed by atoms with van der Waals surface area (Å²) in [6, 6.07) is 17.0. The Labute approximate surface area is 166 Å². The van der Waals surface area contributed by atoms with Gasteiger partial charge in [-0.2, -0.15) is 0 Å². The summed E-state index contributed by atoms with van der Waals surface area (Å²) < 4.78 is 5.50. The van der Waals surface area contributed by atoms with Crippen LogP contribution in [0.2, 0.25) is 0 Å². The molecule has 1 amide bonds. The first kappa shape index (κ1) is 18.3. The van der Waals surface area contributed by atoms with E-state index in [4.69, 9.17) is 4.74 Å². The maximum atomic E-state index is 12.5. The Bertz CT molecular complexity index is 1020. The summed E-state index contributed by atoms with van der Waals surface area (Å²) in [4.78, 5) is 25.5. The molecule has 1 atom stereocenters. The third-order valence-corrected chi connectivity index (χ3v) is 6.05. The largest absolute Gasteiger partial charge is 0.494 e. The Balaban J connectivity index is 1.85. The third-order valence-electron chi connectivity index (χ3n) is 4.76. The lowest BCUT2D eigenvalue weighted by molar-refractivity contribution is -0.116. The number of thiophene rings is 1. The van der Waals surface area contributed by atoms with E-state index >= 15 is 0 Å². The molecule has 0 spiro atoms. The van der Waals surface area contributed by atoms with Gasteiger partial charge in [0.05, 0.1) is 12.3 Å². The van der Waals surface area contributed by atoms with Gasteiger partial charge in [0.15, 0.2) is 0 Å². The number of aromatic carboxylic acids is 1. The van der Waals surface area contributed by atoms with Crippen molar-refractivity contribution in [1.82, 2.24) is 0 Å². The Kier molecular flexibility index (Phi) is 4.88. The highest BCUT2D eigenvalue weighted by molar-refractivity contribution is 7.15. The molecule has 4 rings (SSSR count). The molecule has 2 aromatic carbocycles. The van der Waals surface area contributed by atoms with Gasteiger partial charge in [0.2, 0.25) is 5.91 Å². The zero-order chi connectivity index (χ0) is 19.7. The second-order valence-electron chi connectivity index (χ2n) is 6.52. The SMILES string of the molecule is CCOc1ccc([C@H]2CC(=O)Nc3c2sc(C(=O)O)c3-c2ccccc2)cc1. The molecule has 142 valence electrons. The summed E-state index contributed by atoms with van der Waals surface area (Å²) in [5, 5.41) is 12.7. The van der Waals surface area contributed by atoms with Crippen LogP contribution in [0, 0.1) is 0 Å². The number of carboxylic acid groups (broad SMARTS) is 1. The Morgan fingerprint density at radius 2 is 1.89 bits per heavy atom. The lowest BCUT2D eigenvalue weighted by Gasteiger charge is -2.24. The zero-order valence-electron chi connectivity index (χ0n) is 15.3. The number of anilines is 1. The van der Waals surface area contributed by atoms with Crippen LogP contribution in [0.25, 0.3) is 11.1 Å². The molecular formula is C22H19NO4S. The number of fused-ring (bicyclic) bond motifs is 1. The number of benzene rings is 2. The predicted octanol–water partition coefficient (Wildman–Crippen LogP) is 4.99. The summed E-state index contributed by atoms with van der Waals surface area (Å²) >= 11 is 1.24. The molecule has 5 nitrogen and oxygen atoms in total. The number of carbonyl (C=O) groups excluding carboxylic acids is 1. The van der Waals surface area contributed by atoms with Gasteiger partial charge in [-0.15, -0.1) is 11.3 Å². The number of carboxylic acids is 1. The van der Waals surface area contributed by atoms with E-state index in [2.05, 4.69) is 5.32 Å². The quantitative estimate of drug-likeness (QED) is 0.641. The minimum atomic E-state index is -0.988. The molecule has 1 aromatic heterocycles. The normalized spacial score (nSPS) is 15.6. The van der Waals surface area contributed by atoms with Gasteiger partial charge in [-0.3, -0.25) is 4.79 Å². The number of hydrogen-bond donors (Lipinski definition) is 2. The van der Waals surface area contributed by atoms with Crippen molar-refractivity contribution in [2.75, 3.05) is 11.9 Å². The number of hydrogen-bond acceptors (Lipinski definition) is 4. The fourth-order valence-electron chi connectivity index (χ4n) is 3.55. The summed E-state index contributed by atoms with van der Waals surface area (Å²) in [6.07, 6.45) is 0.286. The van der Waals surface area contributed by atoms with E-state index in [1.54, 1.807) is 0 Å². The Morgan fingerprint density at radius 3 is 2.54 bits per heavy atom. The molecule has 0 radical (unpaired) electrons. The molecule has 0 aliphatic carbocycles. The van der Waals surface area contributed by atoms with Crippen molar-refractivity contribution in [3.05, 3.63) is 69.9 Å². The van der Waals surface area contributed by atoms with E-state index in [-0.39, 0.29) is 23.1 Å². The number of ether oxygens (including phenoxy) is 1. The molecule has 0 bridgehead atoms. The molecule has 2 heterocycles. The maximum absolute atomic E-state index is 12.5. The second-order valence-corrected chi connectivity index (χ2v) is 7.58. The lowest BCUT2D eigenvalue weighted by atomic mass is 9.88. The monoisotopic (exact) mass is 393 g/mol. The van der Waals surface area contributed by atoms with E-state index < -0.39 is 5.97 Å². The van der Waals surface area contributed by atoms with Crippen LogP contribution in [0.1, 0.15) is 39.4 Å². The topological polar surface area (TPSA) is 75.6 Å². The van der Waals surface area contributed by atoms with Gasteiger partial charge in [-0.05, 0) is 30.2 Å². The van der Waals surface area contributed by atoms with Crippen molar-refractivity contribution in [3.63, 3.8) is 0 Å². The first-order chi connectivity index (χ1) is 13.6. The number of nitrogens with one attached hydrogen (secondary N) is 1. The first-order valence-electron chi connectivity index (χ1n) is 9.06. The maximum Gasteiger partial charge on any atom is 0.346 e. The number of amides is 1. The van der Waals surface area contributed by atoms with Gasteiger partial charge in [0, 0.05) is 22.8 Å². The van der Waals surface area contributed by atoms with Crippen LogP contribution in [0.3, 0.4) is 0 Å². The van der Waals surface area contributed by atoms with Gasteiger partial charge in [-0.25, -0.2) is 4.79 Å². The first-order valence-corrected chi connectivity index (χ1v) is 9.88. The summed E-state index contributed by atoms with van der Waals surface area (Å²) in [6.45, 7) is 2.51. The van der Waals surface area contributed by atoms with E-state index in [1.165, 1.54) is 11.3 Å². The second kappa shape index (κ2) is 7.48. The van der Waals surface area contributed by atoms with Crippen LogP contribution in [-0.2, 0) is 4.79 Å². The van der Waals surface area contributed by atoms with Gasteiger partial charge < -0.3 is 15.2 Å². The van der Waals surface area contributed by atoms with Gasteiger partial charge >= 0.3 is 5.97 Å². The molecule has 0 unspecified atom stereocenters. The van der Waals surface area contributed by atoms with E-state index in [1.807, 2.05) is 61.5 Å². The van der Waals surface area contributed by atoms with Crippen LogP contribution >= 0.6 is 11.3 Å². The molecule has 28 heavy (non-hydrogen) atoms. The van der Waals surface area contributed by atoms with Gasteiger partial charge in [0.1, 0.15) is 10.6 Å². The molecule has 6 heteroatoms. The minimum absolute atomic E-state index is 0.113. The highest BCUT2D eigenvalue weighted by Gasteiger charge is 2.34. The van der Waals surface area contributed by atoms with E-state index in [0.717, 1.165) is 21.8 Å². The standard InChI is InChI=1S/C22H19NO4S/c1-2-27-15-10-8-13(9-11-15)16-12-17(24)23-19-18(14-6-4-3-5-7-14)21(22(25)26)28-20(16)19/h3-11,16H,2,12H2,1H3,(H,23,24)(H,25,26)/t16-/m1/s1. The molecule has 0 fully saturated rings. The Hall–Kier alpha value is -3.12. The van der Waals surface area contributed by atoms with Crippen LogP contribution < -0.4 is 10.1 Å². The lowest BCUT2D eigenvalue weighted by Crippen LogP contribution is -2.22. The van der Waals surface area contributed by atoms with Crippen molar-refractivity contribution < 1.29 is 19.4 Å². The molecular weight excluding hydrogens is 374 g/mol. The molecule has 1 aliphatic rings. The van der Waals surface area contributed by atoms with Crippen molar-refractivity contribution in [1.29, 1.82) is 0 Å². The van der Waals surface area contributed by atoms with Crippen molar-refractivity contribution >= 4 is 28.9 Å². The average molecular weight is 393 g/mol. The summed E-state index contributed by atoms with van der Waals surface area (Å²) in [5.41, 5.74) is 2.95. The van der Waals surface area contributed by atoms with Crippen molar-refractivity contribution in [2.24, 2.45) is 0 Å². The summed E-state index contributed by atoms with van der Waals surface area (Å²) in [5.74, 6) is -0.509. The number of carbonyl (C=O) groups is 2. The van der Waals surface area contributed by atoms with Crippen LogP contribution in [0.15, 0.2) is 54.6 Å².